The number of unbranched alkanes of at least 4 members (excludes halogenated alkanes) is 3. The Hall–Kier alpha value is -1.06. The van der Waals surface area contributed by atoms with Crippen LogP contribution < -0.4 is 5.32 Å². The minimum absolute atomic E-state index is 0.0507. The molecule has 104 valence electrons. The SMILES string of the molecule is CCCCCN1CC(C(=O)NCCCC)CC1=O. The molecule has 1 fully saturated rings. The Labute approximate surface area is 110 Å². The van der Waals surface area contributed by atoms with Gasteiger partial charge in [0.15, 0.2) is 0 Å². The molecule has 1 aliphatic rings. The third kappa shape index (κ3) is 4.67. The van der Waals surface area contributed by atoms with Crippen molar-refractivity contribution in [3.8, 4) is 0 Å². The summed E-state index contributed by atoms with van der Waals surface area (Å²) in [5.41, 5.74) is 0. The average Bonchev–Trinajstić information content (AvgIpc) is 2.72. The maximum atomic E-state index is 11.9. The average molecular weight is 254 g/mol. The summed E-state index contributed by atoms with van der Waals surface area (Å²) in [5.74, 6) is 0.0625. The van der Waals surface area contributed by atoms with Crippen molar-refractivity contribution in [3.05, 3.63) is 0 Å². The number of carbonyl (C=O) groups is 2. The molecule has 4 nitrogen and oxygen atoms in total. The minimum atomic E-state index is -0.129. The standard InChI is InChI=1S/C14H26N2O2/c1-3-5-7-9-16-11-12(10-13(16)17)14(18)15-8-6-4-2/h12H,3-11H2,1-2H3,(H,15,18). The third-order valence-corrected chi connectivity index (χ3v) is 3.45. The lowest BCUT2D eigenvalue weighted by Crippen LogP contribution is -2.33. The first-order chi connectivity index (χ1) is 8.69. The van der Waals surface area contributed by atoms with Gasteiger partial charge in [0.2, 0.25) is 11.8 Å². The molecular weight excluding hydrogens is 228 g/mol. The van der Waals surface area contributed by atoms with Crippen LogP contribution in [-0.2, 0) is 9.59 Å². The quantitative estimate of drug-likeness (QED) is 0.673. The molecule has 18 heavy (non-hydrogen) atoms. The number of amides is 2. The molecule has 1 unspecified atom stereocenters. The monoisotopic (exact) mass is 254 g/mol. The fourth-order valence-electron chi connectivity index (χ4n) is 2.25. The van der Waals surface area contributed by atoms with Crippen LogP contribution in [0.2, 0.25) is 0 Å². The lowest BCUT2D eigenvalue weighted by atomic mass is 10.1. The van der Waals surface area contributed by atoms with Crippen molar-refractivity contribution in [2.24, 2.45) is 5.92 Å². The molecule has 1 rings (SSSR count). The second-order valence-electron chi connectivity index (χ2n) is 5.09. The van der Waals surface area contributed by atoms with Gasteiger partial charge in [-0.15, -0.1) is 0 Å². The minimum Gasteiger partial charge on any atom is -0.356 e. The summed E-state index contributed by atoms with van der Waals surface area (Å²) in [6.07, 6.45) is 5.83. The summed E-state index contributed by atoms with van der Waals surface area (Å²) in [6, 6.07) is 0. The van der Waals surface area contributed by atoms with Crippen molar-refractivity contribution >= 4 is 11.8 Å². The zero-order valence-corrected chi connectivity index (χ0v) is 11.7. The smallest absolute Gasteiger partial charge is 0.225 e. The largest absolute Gasteiger partial charge is 0.356 e. The van der Waals surface area contributed by atoms with E-state index in [1.54, 1.807) is 0 Å². The number of nitrogens with zero attached hydrogens (tertiary/aromatic N) is 1. The van der Waals surface area contributed by atoms with Crippen molar-refractivity contribution in [3.63, 3.8) is 0 Å². The van der Waals surface area contributed by atoms with Crippen molar-refractivity contribution in [2.45, 2.75) is 52.4 Å². The van der Waals surface area contributed by atoms with E-state index < -0.39 is 0 Å². The fraction of sp³-hybridized carbons (Fsp3) is 0.857. The normalized spacial score (nSPS) is 19.3. The van der Waals surface area contributed by atoms with E-state index in [1.165, 1.54) is 0 Å². The summed E-state index contributed by atoms with van der Waals surface area (Å²) in [5, 5.41) is 2.92. The number of carbonyl (C=O) groups excluding carboxylic acids is 2. The summed E-state index contributed by atoms with van der Waals surface area (Å²) >= 11 is 0. The summed E-state index contributed by atoms with van der Waals surface area (Å²) in [6.45, 7) is 6.40. The van der Waals surface area contributed by atoms with Crippen molar-refractivity contribution in [2.75, 3.05) is 19.6 Å². The van der Waals surface area contributed by atoms with Gasteiger partial charge in [-0.05, 0) is 12.8 Å². The highest BCUT2D eigenvalue weighted by atomic mass is 16.2. The van der Waals surface area contributed by atoms with Crippen molar-refractivity contribution in [1.82, 2.24) is 10.2 Å². The van der Waals surface area contributed by atoms with Crippen LogP contribution in [0.25, 0.3) is 0 Å². The van der Waals surface area contributed by atoms with Gasteiger partial charge in [-0.3, -0.25) is 9.59 Å². The summed E-state index contributed by atoms with van der Waals surface area (Å²) < 4.78 is 0. The first-order valence-electron chi connectivity index (χ1n) is 7.24. The highest BCUT2D eigenvalue weighted by molar-refractivity contribution is 5.89. The van der Waals surface area contributed by atoms with Gasteiger partial charge in [-0.2, -0.15) is 0 Å². The molecule has 1 N–H and O–H groups in total. The second kappa shape index (κ2) is 8.11. The van der Waals surface area contributed by atoms with Crippen LogP contribution in [0.15, 0.2) is 0 Å². The number of rotatable bonds is 8. The van der Waals surface area contributed by atoms with Crippen LogP contribution in [0.4, 0.5) is 0 Å². The second-order valence-corrected chi connectivity index (χ2v) is 5.09. The van der Waals surface area contributed by atoms with E-state index in [9.17, 15) is 9.59 Å². The van der Waals surface area contributed by atoms with E-state index in [1.807, 2.05) is 4.90 Å². The van der Waals surface area contributed by atoms with Gasteiger partial charge in [0.05, 0.1) is 5.92 Å². The van der Waals surface area contributed by atoms with Crippen molar-refractivity contribution < 1.29 is 9.59 Å². The van der Waals surface area contributed by atoms with Crippen LogP contribution in [0, 0.1) is 5.92 Å². The van der Waals surface area contributed by atoms with E-state index in [2.05, 4.69) is 19.2 Å². The molecule has 1 saturated heterocycles. The van der Waals surface area contributed by atoms with Crippen LogP contribution in [0.3, 0.4) is 0 Å². The number of nitrogens with one attached hydrogen (secondary N) is 1. The topological polar surface area (TPSA) is 49.4 Å². The van der Waals surface area contributed by atoms with Gasteiger partial charge in [-0.1, -0.05) is 33.1 Å². The maximum Gasteiger partial charge on any atom is 0.225 e. The number of hydrogen-bond acceptors (Lipinski definition) is 2. The summed E-state index contributed by atoms with van der Waals surface area (Å²) in [4.78, 5) is 25.5. The Balaban J connectivity index is 2.28. The molecule has 2 amide bonds. The van der Waals surface area contributed by atoms with Gasteiger partial charge in [0, 0.05) is 26.1 Å². The Kier molecular flexibility index (Phi) is 6.76. The van der Waals surface area contributed by atoms with Gasteiger partial charge in [-0.25, -0.2) is 0 Å². The van der Waals surface area contributed by atoms with Crippen molar-refractivity contribution in [1.29, 1.82) is 0 Å². The van der Waals surface area contributed by atoms with Gasteiger partial charge >= 0.3 is 0 Å². The molecule has 0 aromatic carbocycles. The highest BCUT2D eigenvalue weighted by Gasteiger charge is 2.33. The molecule has 1 atom stereocenters. The first kappa shape index (κ1) is 15.0. The lowest BCUT2D eigenvalue weighted by molar-refractivity contribution is -0.129. The Bertz CT molecular complexity index is 279. The Morgan fingerprint density at radius 1 is 1.28 bits per heavy atom. The maximum absolute atomic E-state index is 11.9. The molecule has 0 aromatic rings. The lowest BCUT2D eigenvalue weighted by Gasteiger charge is -2.16. The molecular formula is C14H26N2O2. The molecule has 0 spiro atoms. The van der Waals surface area contributed by atoms with E-state index in [0.717, 1.165) is 45.2 Å². The zero-order valence-electron chi connectivity index (χ0n) is 11.7. The predicted molar refractivity (Wildman–Crippen MR) is 72.1 cm³/mol. The van der Waals surface area contributed by atoms with Crippen LogP contribution in [0.1, 0.15) is 52.4 Å². The van der Waals surface area contributed by atoms with Crippen LogP contribution in [-0.4, -0.2) is 36.3 Å². The zero-order chi connectivity index (χ0) is 13.4. The molecule has 1 heterocycles. The molecule has 0 radical (unpaired) electrons. The van der Waals surface area contributed by atoms with Gasteiger partial charge < -0.3 is 10.2 Å². The van der Waals surface area contributed by atoms with E-state index in [4.69, 9.17) is 0 Å². The molecule has 0 aromatic heterocycles. The van der Waals surface area contributed by atoms with E-state index in [0.29, 0.717) is 13.0 Å². The van der Waals surface area contributed by atoms with Gasteiger partial charge in [0.25, 0.3) is 0 Å². The van der Waals surface area contributed by atoms with Crippen LogP contribution >= 0.6 is 0 Å². The number of hydrogen-bond donors (Lipinski definition) is 1. The predicted octanol–water partition coefficient (Wildman–Crippen LogP) is 1.94. The third-order valence-electron chi connectivity index (χ3n) is 3.45. The Morgan fingerprint density at radius 2 is 2.00 bits per heavy atom. The van der Waals surface area contributed by atoms with E-state index >= 15 is 0 Å². The fourth-order valence-corrected chi connectivity index (χ4v) is 2.25. The molecule has 4 heteroatoms. The molecule has 0 saturated carbocycles. The first-order valence-corrected chi connectivity index (χ1v) is 7.24. The number of likely N-dealkylation sites (tertiary alicyclic amines) is 1. The van der Waals surface area contributed by atoms with Crippen LogP contribution in [0.5, 0.6) is 0 Å². The highest BCUT2D eigenvalue weighted by Crippen LogP contribution is 2.18. The summed E-state index contributed by atoms with van der Waals surface area (Å²) in [7, 11) is 0. The Morgan fingerprint density at radius 3 is 2.67 bits per heavy atom. The molecule has 1 aliphatic heterocycles. The molecule has 0 aliphatic carbocycles. The van der Waals surface area contributed by atoms with Gasteiger partial charge in [0.1, 0.15) is 0 Å². The molecule has 0 bridgehead atoms. The van der Waals surface area contributed by atoms with E-state index in [-0.39, 0.29) is 17.7 Å².